The number of carbonyl (C=O) groups is 1. The van der Waals surface area contributed by atoms with Crippen LogP contribution in [-0.2, 0) is 5.41 Å². The maximum Gasteiger partial charge on any atom is 0.319 e. The highest BCUT2D eigenvalue weighted by Crippen LogP contribution is 2.53. The SMILES string of the molecule is CCN(CCC(C)n1cc(-c2cnc3ncc(C4(c5ccc6ncccc6c5)CC4)n3c2)cn1)C(=O)N(C)C. The van der Waals surface area contributed by atoms with Crippen LogP contribution in [0.4, 0.5) is 4.79 Å². The van der Waals surface area contributed by atoms with Crippen molar-refractivity contribution in [3.63, 3.8) is 0 Å². The molecule has 1 aliphatic rings. The van der Waals surface area contributed by atoms with Crippen LogP contribution in [-0.4, -0.2) is 72.1 Å². The Morgan fingerprint density at radius 1 is 1.05 bits per heavy atom. The average Bonchev–Trinajstić information content (AvgIpc) is 3.40. The van der Waals surface area contributed by atoms with Gasteiger partial charge in [0.05, 0.1) is 29.6 Å². The molecule has 2 amide bonds. The minimum atomic E-state index is -0.0579. The third kappa shape index (κ3) is 4.51. The zero-order valence-corrected chi connectivity index (χ0v) is 22.9. The molecule has 0 aliphatic heterocycles. The Bertz CT molecular complexity index is 1650. The molecule has 6 rings (SSSR count). The van der Waals surface area contributed by atoms with Crippen LogP contribution < -0.4 is 0 Å². The molecule has 0 radical (unpaired) electrons. The van der Waals surface area contributed by atoms with E-state index in [4.69, 9.17) is 0 Å². The fourth-order valence-electron chi connectivity index (χ4n) is 5.44. The van der Waals surface area contributed by atoms with E-state index in [2.05, 4.69) is 68.0 Å². The van der Waals surface area contributed by atoms with Crippen molar-refractivity contribution in [2.24, 2.45) is 0 Å². The van der Waals surface area contributed by atoms with Crippen LogP contribution in [0, 0.1) is 0 Å². The molecule has 9 heteroatoms. The van der Waals surface area contributed by atoms with Gasteiger partial charge in [-0.1, -0.05) is 12.1 Å². The van der Waals surface area contributed by atoms with E-state index in [0.717, 1.165) is 41.3 Å². The molecular formula is C30H34N8O. The van der Waals surface area contributed by atoms with E-state index in [9.17, 15) is 4.79 Å². The zero-order chi connectivity index (χ0) is 27.1. The van der Waals surface area contributed by atoms with E-state index in [1.165, 1.54) is 11.3 Å². The van der Waals surface area contributed by atoms with Gasteiger partial charge in [0.1, 0.15) is 0 Å². The first kappa shape index (κ1) is 25.0. The van der Waals surface area contributed by atoms with E-state index in [1.807, 2.05) is 47.4 Å². The van der Waals surface area contributed by atoms with E-state index >= 15 is 0 Å². The number of urea groups is 1. The van der Waals surface area contributed by atoms with Crippen LogP contribution in [0.1, 0.15) is 50.4 Å². The van der Waals surface area contributed by atoms with Gasteiger partial charge in [-0.2, -0.15) is 5.10 Å². The van der Waals surface area contributed by atoms with Crippen molar-refractivity contribution in [3.8, 4) is 11.1 Å². The lowest BCUT2D eigenvalue weighted by molar-refractivity contribution is 0.170. The Labute approximate surface area is 228 Å². The number of hydrogen-bond acceptors (Lipinski definition) is 5. The molecule has 0 saturated heterocycles. The molecule has 200 valence electrons. The Morgan fingerprint density at radius 2 is 1.85 bits per heavy atom. The quantitative estimate of drug-likeness (QED) is 0.281. The third-order valence-corrected chi connectivity index (χ3v) is 8.00. The molecule has 0 bridgehead atoms. The second-order valence-corrected chi connectivity index (χ2v) is 10.8. The van der Waals surface area contributed by atoms with E-state index < -0.39 is 0 Å². The number of imidazole rings is 1. The molecular weight excluding hydrogens is 488 g/mol. The standard InChI is InChI=1S/C30H34N8O/c1-5-36(29(39)35(3)4)14-10-21(2)38-20-24(17-34-38)23-16-32-28-33-18-27(37(28)19-23)30(11-12-30)25-8-9-26-22(15-25)7-6-13-31-26/h6-9,13,15-21H,5,10-12,14H2,1-4H3. The second-order valence-electron chi connectivity index (χ2n) is 10.8. The van der Waals surface area contributed by atoms with Gasteiger partial charge in [0.15, 0.2) is 0 Å². The molecule has 1 aromatic carbocycles. The van der Waals surface area contributed by atoms with Gasteiger partial charge in [-0.15, -0.1) is 0 Å². The summed E-state index contributed by atoms with van der Waals surface area (Å²) < 4.78 is 4.12. The summed E-state index contributed by atoms with van der Waals surface area (Å²) in [4.78, 5) is 29.6. The van der Waals surface area contributed by atoms with Crippen molar-refractivity contribution < 1.29 is 4.79 Å². The number of benzene rings is 1. The van der Waals surface area contributed by atoms with Crippen molar-refractivity contribution in [1.82, 2.24) is 38.9 Å². The van der Waals surface area contributed by atoms with Crippen molar-refractivity contribution in [3.05, 3.63) is 78.8 Å². The molecule has 9 nitrogen and oxygen atoms in total. The maximum atomic E-state index is 12.4. The first-order valence-electron chi connectivity index (χ1n) is 13.6. The Kier molecular flexibility index (Phi) is 6.29. The number of amides is 2. The van der Waals surface area contributed by atoms with Crippen LogP contribution in [0.15, 0.2) is 67.5 Å². The molecule has 1 fully saturated rings. The van der Waals surface area contributed by atoms with Gasteiger partial charge in [-0.25, -0.2) is 14.8 Å². The molecule has 1 atom stereocenters. The van der Waals surface area contributed by atoms with E-state index in [1.54, 1.807) is 19.0 Å². The molecule has 0 spiro atoms. The van der Waals surface area contributed by atoms with Gasteiger partial charge >= 0.3 is 6.03 Å². The lowest BCUT2D eigenvalue weighted by Gasteiger charge is -2.26. The van der Waals surface area contributed by atoms with Gasteiger partial charge in [-0.3, -0.25) is 14.1 Å². The highest BCUT2D eigenvalue weighted by molar-refractivity contribution is 5.80. The molecule has 1 unspecified atom stereocenters. The lowest BCUT2D eigenvalue weighted by Crippen LogP contribution is -2.40. The van der Waals surface area contributed by atoms with E-state index in [-0.39, 0.29) is 17.5 Å². The summed E-state index contributed by atoms with van der Waals surface area (Å²) in [5.74, 6) is 0.702. The number of aromatic nitrogens is 6. The van der Waals surface area contributed by atoms with Gasteiger partial charge in [-0.05, 0) is 56.9 Å². The number of fused-ring (bicyclic) bond motifs is 2. The fraction of sp³-hybridized carbons (Fsp3) is 0.367. The van der Waals surface area contributed by atoms with Crippen molar-refractivity contribution in [2.45, 2.75) is 44.6 Å². The Morgan fingerprint density at radius 3 is 2.62 bits per heavy atom. The number of carbonyl (C=O) groups excluding carboxylic acids is 1. The summed E-state index contributed by atoms with van der Waals surface area (Å²) >= 11 is 0. The summed E-state index contributed by atoms with van der Waals surface area (Å²) in [6.07, 6.45) is 14.8. The minimum absolute atomic E-state index is 0.0372. The summed E-state index contributed by atoms with van der Waals surface area (Å²) in [6.45, 7) is 5.51. The number of pyridine rings is 1. The summed E-state index contributed by atoms with van der Waals surface area (Å²) in [6, 6.07) is 10.9. The van der Waals surface area contributed by atoms with Gasteiger partial charge in [0, 0.05) is 73.9 Å². The highest BCUT2D eigenvalue weighted by atomic mass is 16.2. The average molecular weight is 523 g/mol. The Balaban J connectivity index is 1.25. The lowest BCUT2D eigenvalue weighted by atomic mass is 9.91. The van der Waals surface area contributed by atoms with Crippen LogP contribution in [0.5, 0.6) is 0 Å². The van der Waals surface area contributed by atoms with Gasteiger partial charge in [0.2, 0.25) is 5.78 Å². The van der Waals surface area contributed by atoms with Crippen molar-refractivity contribution in [2.75, 3.05) is 27.2 Å². The van der Waals surface area contributed by atoms with Crippen molar-refractivity contribution >= 4 is 22.7 Å². The second kappa shape index (κ2) is 9.80. The first-order valence-corrected chi connectivity index (χ1v) is 13.6. The maximum absolute atomic E-state index is 12.4. The van der Waals surface area contributed by atoms with Gasteiger partial charge in [0.25, 0.3) is 0 Å². The predicted octanol–water partition coefficient (Wildman–Crippen LogP) is 5.18. The number of hydrogen-bond donors (Lipinski definition) is 0. The topological polar surface area (TPSA) is 84.5 Å². The molecule has 1 aliphatic carbocycles. The monoisotopic (exact) mass is 522 g/mol. The Hall–Kier alpha value is -4.27. The van der Waals surface area contributed by atoms with Crippen LogP contribution >= 0.6 is 0 Å². The fourth-order valence-corrected chi connectivity index (χ4v) is 5.44. The molecule has 5 aromatic rings. The predicted molar refractivity (Wildman–Crippen MR) is 152 cm³/mol. The summed E-state index contributed by atoms with van der Waals surface area (Å²) in [5.41, 5.74) is 5.42. The molecule has 4 aromatic heterocycles. The largest absolute Gasteiger partial charge is 0.331 e. The third-order valence-electron chi connectivity index (χ3n) is 8.00. The summed E-state index contributed by atoms with van der Waals surface area (Å²) in [7, 11) is 3.57. The normalized spacial score (nSPS) is 15.0. The van der Waals surface area contributed by atoms with Crippen LogP contribution in [0.25, 0.3) is 27.8 Å². The molecule has 39 heavy (non-hydrogen) atoms. The smallest absolute Gasteiger partial charge is 0.319 e. The first-order chi connectivity index (χ1) is 18.9. The van der Waals surface area contributed by atoms with Crippen LogP contribution in [0.3, 0.4) is 0 Å². The minimum Gasteiger partial charge on any atom is -0.331 e. The van der Waals surface area contributed by atoms with Gasteiger partial charge < -0.3 is 9.80 Å². The molecule has 4 heterocycles. The summed E-state index contributed by atoms with van der Waals surface area (Å²) in [5, 5.41) is 5.80. The molecule has 1 saturated carbocycles. The molecule has 0 N–H and O–H groups in total. The zero-order valence-electron chi connectivity index (χ0n) is 22.9. The van der Waals surface area contributed by atoms with E-state index in [0.29, 0.717) is 18.9 Å². The number of rotatable bonds is 8. The number of nitrogens with zero attached hydrogens (tertiary/aromatic N) is 8. The highest BCUT2D eigenvalue weighted by Gasteiger charge is 2.48. The van der Waals surface area contributed by atoms with Crippen molar-refractivity contribution in [1.29, 1.82) is 0 Å². The van der Waals surface area contributed by atoms with Crippen LogP contribution in [0.2, 0.25) is 0 Å².